The molecule has 26 heavy (non-hydrogen) atoms. The van der Waals surface area contributed by atoms with Crippen molar-refractivity contribution in [1.82, 2.24) is 15.1 Å². The number of aryl methyl sites for hydroxylation is 1. The number of hydrogen-bond acceptors (Lipinski definition) is 3. The number of nitrogens with zero attached hydrogens (tertiary/aromatic N) is 2. The van der Waals surface area contributed by atoms with E-state index in [1.165, 1.54) is 5.56 Å². The first-order chi connectivity index (χ1) is 12.2. The molecule has 1 aromatic rings. The van der Waals surface area contributed by atoms with E-state index in [4.69, 9.17) is 0 Å². The molecule has 0 aliphatic carbocycles. The molecule has 5 nitrogen and oxygen atoms in total. The lowest BCUT2D eigenvalue weighted by Crippen LogP contribution is -2.53. The Balaban J connectivity index is 0.00000243. The molecule has 1 unspecified atom stereocenters. The Labute approximate surface area is 162 Å². The summed E-state index contributed by atoms with van der Waals surface area (Å²) in [5.74, 6) is 0.618. The molecule has 144 valence electrons. The first-order valence-corrected chi connectivity index (χ1v) is 9.55. The third-order valence-corrected chi connectivity index (χ3v) is 5.29. The van der Waals surface area contributed by atoms with Crippen molar-refractivity contribution < 1.29 is 9.59 Å². The number of carbonyl (C=O) groups excluding carboxylic acids is 2. The normalized spacial score (nSPS) is 20.4. The van der Waals surface area contributed by atoms with Crippen LogP contribution in [0, 0.1) is 5.92 Å². The minimum absolute atomic E-state index is 0. The van der Waals surface area contributed by atoms with Crippen LogP contribution < -0.4 is 5.32 Å². The van der Waals surface area contributed by atoms with Crippen LogP contribution in [0.1, 0.15) is 31.2 Å². The summed E-state index contributed by atoms with van der Waals surface area (Å²) in [7, 11) is 0. The number of benzene rings is 1. The lowest BCUT2D eigenvalue weighted by molar-refractivity contribution is -0.142. The molecule has 0 aromatic heterocycles. The number of piperidine rings is 1. The van der Waals surface area contributed by atoms with Crippen LogP contribution in [0.4, 0.5) is 0 Å². The molecule has 6 heteroatoms. The molecule has 2 aliphatic rings. The standard InChI is InChI=1S/C20H29N3O2.ClH/c24-19(10-4-8-17-6-2-1-3-7-17)22-12-14-23(15-13-22)20(25)18-9-5-11-21-16-18;/h1-3,6-7,18,21H,4-5,8-16H2;1H. The van der Waals surface area contributed by atoms with E-state index in [9.17, 15) is 9.59 Å². The highest BCUT2D eigenvalue weighted by atomic mass is 35.5. The van der Waals surface area contributed by atoms with Gasteiger partial charge in [-0.25, -0.2) is 0 Å². The lowest BCUT2D eigenvalue weighted by Gasteiger charge is -2.37. The van der Waals surface area contributed by atoms with Gasteiger partial charge in [-0.2, -0.15) is 0 Å². The number of rotatable bonds is 5. The van der Waals surface area contributed by atoms with Crippen LogP contribution in [-0.4, -0.2) is 60.9 Å². The second-order valence-electron chi connectivity index (χ2n) is 7.09. The van der Waals surface area contributed by atoms with Gasteiger partial charge in [-0.15, -0.1) is 12.4 Å². The van der Waals surface area contributed by atoms with E-state index in [1.54, 1.807) is 0 Å². The molecular weight excluding hydrogens is 350 g/mol. The smallest absolute Gasteiger partial charge is 0.227 e. The first-order valence-electron chi connectivity index (χ1n) is 9.55. The van der Waals surface area contributed by atoms with Crippen LogP contribution >= 0.6 is 12.4 Å². The molecule has 0 saturated carbocycles. The molecule has 1 atom stereocenters. The maximum atomic E-state index is 12.5. The average molecular weight is 380 g/mol. The summed E-state index contributed by atoms with van der Waals surface area (Å²) in [5, 5.41) is 3.31. The second kappa shape index (κ2) is 10.5. The molecule has 0 spiro atoms. The maximum absolute atomic E-state index is 12.5. The van der Waals surface area contributed by atoms with Gasteiger partial charge in [0.05, 0.1) is 5.92 Å². The van der Waals surface area contributed by atoms with Crippen LogP contribution in [-0.2, 0) is 16.0 Å². The van der Waals surface area contributed by atoms with Crippen LogP contribution in [0.15, 0.2) is 30.3 Å². The number of halogens is 1. The van der Waals surface area contributed by atoms with Gasteiger partial charge in [-0.3, -0.25) is 9.59 Å². The minimum Gasteiger partial charge on any atom is -0.339 e. The Hall–Kier alpha value is -1.59. The van der Waals surface area contributed by atoms with E-state index < -0.39 is 0 Å². The van der Waals surface area contributed by atoms with Gasteiger partial charge >= 0.3 is 0 Å². The Morgan fingerprint density at radius 2 is 1.73 bits per heavy atom. The van der Waals surface area contributed by atoms with Gasteiger partial charge in [-0.1, -0.05) is 30.3 Å². The Kier molecular flexibility index (Phi) is 8.39. The molecule has 0 radical (unpaired) electrons. The molecule has 0 bridgehead atoms. The van der Waals surface area contributed by atoms with Crippen LogP contribution in [0.2, 0.25) is 0 Å². The van der Waals surface area contributed by atoms with E-state index in [2.05, 4.69) is 17.4 Å². The Morgan fingerprint density at radius 1 is 1.04 bits per heavy atom. The summed E-state index contributed by atoms with van der Waals surface area (Å²) in [4.78, 5) is 28.8. The Bertz CT molecular complexity index is 568. The van der Waals surface area contributed by atoms with Crippen LogP contribution in [0.25, 0.3) is 0 Å². The average Bonchev–Trinajstić information content (AvgIpc) is 2.69. The number of amides is 2. The highest BCUT2D eigenvalue weighted by Crippen LogP contribution is 2.16. The number of nitrogens with one attached hydrogen (secondary N) is 1. The summed E-state index contributed by atoms with van der Waals surface area (Å²) >= 11 is 0. The highest BCUT2D eigenvalue weighted by molar-refractivity contribution is 5.85. The van der Waals surface area contributed by atoms with Gasteiger partial charge in [0.15, 0.2) is 0 Å². The fraction of sp³-hybridized carbons (Fsp3) is 0.600. The van der Waals surface area contributed by atoms with E-state index in [0.717, 1.165) is 38.8 Å². The van der Waals surface area contributed by atoms with Gasteiger partial charge in [0.1, 0.15) is 0 Å². The van der Waals surface area contributed by atoms with Crippen molar-refractivity contribution in [3.63, 3.8) is 0 Å². The molecule has 1 N–H and O–H groups in total. The Morgan fingerprint density at radius 3 is 2.38 bits per heavy atom. The van der Waals surface area contributed by atoms with E-state index in [1.807, 2.05) is 28.0 Å². The SMILES string of the molecule is Cl.O=C(CCCc1ccccc1)N1CCN(C(=O)C2CCCNC2)CC1. The van der Waals surface area contributed by atoms with Crippen molar-refractivity contribution in [3.8, 4) is 0 Å². The zero-order chi connectivity index (χ0) is 17.5. The molecule has 2 saturated heterocycles. The van der Waals surface area contributed by atoms with Crippen molar-refractivity contribution >= 4 is 24.2 Å². The summed E-state index contributed by atoms with van der Waals surface area (Å²) in [5.41, 5.74) is 1.28. The predicted molar refractivity (Wildman–Crippen MR) is 105 cm³/mol. The lowest BCUT2D eigenvalue weighted by atomic mass is 9.98. The molecule has 2 heterocycles. The quantitative estimate of drug-likeness (QED) is 0.852. The third-order valence-electron chi connectivity index (χ3n) is 5.29. The molecule has 2 aliphatic heterocycles. The van der Waals surface area contributed by atoms with E-state index >= 15 is 0 Å². The fourth-order valence-electron chi connectivity index (χ4n) is 3.74. The van der Waals surface area contributed by atoms with Gasteiger partial charge < -0.3 is 15.1 Å². The molecule has 2 fully saturated rings. The zero-order valence-electron chi connectivity index (χ0n) is 15.4. The number of hydrogen-bond donors (Lipinski definition) is 1. The van der Waals surface area contributed by atoms with E-state index in [-0.39, 0.29) is 30.1 Å². The first kappa shape index (κ1) is 20.7. The van der Waals surface area contributed by atoms with Crippen LogP contribution in [0.3, 0.4) is 0 Å². The third kappa shape index (κ3) is 5.71. The molecule has 1 aromatic carbocycles. The van der Waals surface area contributed by atoms with Crippen molar-refractivity contribution in [2.24, 2.45) is 5.92 Å². The number of piperazine rings is 1. The van der Waals surface area contributed by atoms with Gasteiger partial charge in [-0.05, 0) is 37.8 Å². The molecule has 2 amide bonds. The van der Waals surface area contributed by atoms with Crippen molar-refractivity contribution in [2.45, 2.75) is 32.1 Å². The maximum Gasteiger partial charge on any atom is 0.227 e. The topological polar surface area (TPSA) is 52.7 Å². The predicted octanol–water partition coefficient (Wildman–Crippen LogP) is 2.10. The summed E-state index contributed by atoms with van der Waals surface area (Å²) in [6.45, 7) is 4.54. The van der Waals surface area contributed by atoms with Crippen molar-refractivity contribution in [3.05, 3.63) is 35.9 Å². The minimum atomic E-state index is 0. The summed E-state index contributed by atoms with van der Waals surface area (Å²) in [6, 6.07) is 10.3. The van der Waals surface area contributed by atoms with Crippen molar-refractivity contribution in [2.75, 3.05) is 39.3 Å². The summed E-state index contributed by atoms with van der Waals surface area (Å²) < 4.78 is 0. The largest absolute Gasteiger partial charge is 0.339 e. The summed E-state index contributed by atoms with van der Waals surface area (Å²) in [6.07, 6.45) is 4.49. The highest BCUT2D eigenvalue weighted by Gasteiger charge is 2.29. The van der Waals surface area contributed by atoms with Crippen LogP contribution in [0.5, 0.6) is 0 Å². The van der Waals surface area contributed by atoms with E-state index in [0.29, 0.717) is 32.6 Å². The van der Waals surface area contributed by atoms with Gasteiger partial charge in [0.25, 0.3) is 0 Å². The second-order valence-corrected chi connectivity index (χ2v) is 7.09. The fourth-order valence-corrected chi connectivity index (χ4v) is 3.74. The van der Waals surface area contributed by atoms with Crippen molar-refractivity contribution in [1.29, 1.82) is 0 Å². The van der Waals surface area contributed by atoms with Gasteiger partial charge in [0.2, 0.25) is 11.8 Å². The zero-order valence-corrected chi connectivity index (χ0v) is 16.2. The molecule has 3 rings (SSSR count). The number of carbonyl (C=O) groups is 2. The van der Waals surface area contributed by atoms with Gasteiger partial charge in [0, 0.05) is 39.1 Å². The molecular formula is C20H30ClN3O2. The monoisotopic (exact) mass is 379 g/mol.